The van der Waals surface area contributed by atoms with E-state index < -0.39 is 5.60 Å². The van der Waals surface area contributed by atoms with Gasteiger partial charge in [0.2, 0.25) is 0 Å². The third-order valence-corrected chi connectivity index (χ3v) is 4.34. The summed E-state index contributed by atoms with van der Waals surface area (Å²) in [4.78, 5) is 24.9. The number of benzene rings is 3. The number of para-hydroxylation sites is 1. The zero-order valence-corrected chi connectivity index (χ0v) is 16.7. The van der Waals surface area contributed by atoms with Crippen LogP contribution in [0.3, 0.4) is 0 Å². The lowest BCUT2D eigenvalue weighted by Crippen LogP contribution is -2.42. The monoisotopic (exact) mass is 388 g/mol. The minimum Gasteiger partial charge on any atom is -0.478 e. The largest absolute Gasteiger partial charge is 0.478 e. The molecule has 0 bridgehead atoms. The Balaban J connectivity index is 1.61. The quantitative estimate of drug-likeness (QED) is 0.621. The molecule has 2 amide bonds. The summed E-state index contributed by atoms with van der Waals surface area (Å²) in [5.74, 6) is 0.183. The lowest BCUT2D eigenvalue weighted by Gasteiger charge is -2.25. The minimum atomic E-state index is -1.04. The minimum absolute atomic E-state index is 0.178. The number of carbonyl (C=O) groups excluding carboxylic acids is 2. The van der Waals surface area contributed by atoms with Gasteiger partial charge in [0.15, 0.2) is 5.60 Å². The summed E-state index contributed by atoms with van der Waals surface area (Å²) in [6, 6.07) is 23.6. The molecule has 0 aromatic heterocycles. The van der Waals surface area contributed by atoms with Gasteiger partial charge in [-0.1, -0.05) is 35.9 Å². The number of anilines is 2. The van der Waals surface area contributed by atoms with Crippen LogP contribution in [0.4, 0.5) is 11.4 Å². The van der Waals surface area contributed by atoms with E-state index in [9.17, 15) is 9.59 Å². The molecule has 0 aliphatic heterocycles. The number of ether oxygens (including phenoxy) is 1. The van der Waals surface area contributed by atoms with Crippen LogP contribution in [-0.4, -0.2) is 17.4 Å². The summed E-state index contributed by atoms with van der Waals surface area (Å²) in [5.41, 5.74) is 1.85. The van der Waals surface area contributed by atoms with Crippen molar-refractivity contribution in [3.05, 3.63) is 90.0 Å². The Morgan fingerprint density at radius 3 is 2.03 bits per heavy atom. The predicted octanol–water partition coefficient (Wildman–Crippen LogP) is 5.04. The Bertz CT molecular complexity index is 996. The average molecular weight is 388 g/mol. The maximum atomic E-state index is 12.6. The molecule has 0 heterocycles. The molecule has 0 radical (unpaired) electrons. The fourth-order valence-corrected chi connectivity index (χ4v) is 2.74. The summed E-state index contributed by atoms with van der Waals surface area (Å²) in [5, 5.41) is 5.70. The number of amides is 2. The van der Waals surface area contributed by atoms with Gasteiger partial charge in [0.1, 0.15) is 5.75 Å². The Kier molecular flexibility index (Phi) is 5.98. The summed E-state index contributed by atoms with van der Waals surface area (Å²) < 4.78 is 5.80. The first-order valence-electron chi connectivity index (χ1n) is 9.37. The van der Waals surface area contributed by atoms with Gasteiger partial charge in [-0.2, -0.15) is 0 Å². The smallest absolute Gasteiger partial charge is 0.267 e. The number of carbonyl (C=O) groups is 2. The van der Waals surface area contributed by atoms with Crippen LogP contribution in [0.1, 0.15) is 29.8 Å². The van der Waals surface area contributed by atoms with Crippen molar-refractivity contribution in [2.45, 2.75) is 26.4 Å². The molecule has 0 aliphatic rings. The molecule has 3 aromatic rings. The van der Waals surface area contributed by atoms with Crippen LogP contribution < -0.4 is 15.4 Å². The van der Waals surface area contributed by atoms with Gasteiger partial charge in [-0.15, -0.1) is 0 Å². The fourth-order valence-electron chi connectivity index (χ4n) is 2.74. The van der Waals surface area contributed by atoms with E-state index in [2.05, 4.69) is 10.6 Å². The molecule has 0 atom stereocenters. The maximum Gasteiger partial charge on any atom is 0.267 e. The number of hydrogen-bond acceptors (Lipinski definition) is 3. The highest BCUT2D eigenvalue weighted by Crippen LogP contribution is 2.21. The van der Waals surface area contributed by atoms with Crippen molar-refractivity contribution in [1.82, 2.24) is 0 Å². The molecule has 0 saturated carbocycles. The number of aryl methyl sites for hydroxylation is 1. The van der Waals surface area contributed by atoms with E-state index in [-0.39, 0.29) is 11.8 Å². The van der Waals surface area contributed by atoms with E-state index in [0.717, 1.165) is 5.56 Å². The standard InChI is InChI=1S/C24H24N2O3/c1-17-8-7-9-18(16-17)22(27)25-19-12-14-20(15-13-19)26-23(28)24(2,3)29-21-10-5-4-6-11-21/h4-16H,1-3H3,(H,25,27)(H,26,28). The third-order valence-electron chi connectivity index (χ3n) is 4.34. The lowest BCUT2D eigenvalue weighted by molar-refractivity contribution is -0.128. The Hall–Kier alpha value is -3.60. The number of rotatable bonds is 6. The zero-order valence-electron chi connectivity index (χ0n) is 16.7. The average Bonchev–Trinajstić information content (AvgIpc) is 2.70. The van der Waals surface area contributed by atoms with Crippen LogP contribution in [0.15, 0.2) is 78.9 Å². The molecule has 0 fully saturated rings. The molecule has 0 unspecified atom stereocenters. The second-order valence-electron chi connectivity index (χ2n) is 7.28. The van der Waals surface area contributed by atoms with Crippen molar-refractivity contribution in [2.24, 2.45) is 0 Å². The van der Waals surface area contributed by atoms with E-state index in [1.54, 1.807) is 56.3 Å². The van der Waals surface area contributed by atoms with Crippen molar-refractivity contribution in [3.8, 4) is 5.75 Å². The van der Waals surface area contributed by atoms with E-state index in [0.29, 0.717) is 22.7 Å². The summed E-state index contributed by atoms with van der Waals surface area (Å²) in [6.07, 6.45) is 0. The van der Waals surface area contributed by atoms with Crippen molar-refractivity contribution < 1.29 is 14.3 Å². The first-order valence-corrected chi connectivity index (χ1v) is 9.37. The van der Waals surface area contributed by atoms with Gasteiger partial charge >= 0.3 is 0 Å². The van der Waals surface area contributed by atoms with E-state index in [4.69, 9.17) is 4.74 Å². The van der Waals surface area contributed by atoms with Crippen LogP contribution in [0, 0.1) is 6.92 Å². The van der Waals surface area contributed by atoms with Crippen molar-refractivity contribution in [3.63, 3.8) is 0 Å². The second kappa shape index (κ2) is 8.61. The van der Waals surface area contributed by atoms with Gasteiger partial charge in [-0.05, 0) is 69.3 Å². The van der Waals surface area contributed by atoms with Crippen molar-refractivity contribution in [1.29, 1.82) is 0 Å². The van der Waals surface area contributed by atoms with Gasteiger partial charge < -0.3 is 15.4 Å². The highest BCUT2D eigenvalue weighted by atomic mass is 16.5. The number of hydrogen-bond donors (Lipinski definition) is 2. The van der Waals surface area contributed by atoms with E-state index in [1.807, 2.05) is 43.3 Å². The van der Waals surface area contributed by atoms with Crippen LogP contribution in [0.2, 0.25) is 0 Å². The van der Waals surface area contributed by atoms with Crippen LogP contribution in [-0.2, 0) is 4.79 Å². The Morgan fingerprint density at radius 2 is 1.41 bits per heavy atom. The highest BCUT2D eigenvalue weighted by molar-refractivity contribution is 6.04. The second-order valence-corrected chi connectivity index (χ2v) is 7.28. The highest BCUT2D eigenvalue weighted by Gasteiger charge is 2.30. The molecule has 148 valence electrons. The van der Waals surface area contributed by atoms with Gasteiger partial charge in [0, 0.05) is 16.9 Å². The molecule has 2 N–H and O–H groups in total. The fraction of sp³-hybridized carbons (Fsp3) is 0.167. The van der Waals surface area contributed by atoms with Gasteiger partial charge in [-0.3, -0.25) is 9.59 Å². The summed E-state index contributed by atoms with van der Waals surface area (Å²) >= 11 is 0. The molecule has 3 rings (SSSR count). The SMILES string of the molecule is Cc1cccc(C(=O)Nc2ccc(NC(=O)C(C)(C)Oc3ccccc3)cc2)c1. The molecule has 29 heavy (non-hydrogen) atoms. The van der Waals surface area contributed by atoms with Crippen LogP contribution in [0.5, 0.6) is 5.75 Å². The van der Waals surface area contributed by atoms with E-state index in [1.165, 1.54) is 0 Å². The molecule has 0 spiro atoms. The first kappa shape index (κ1) is 20.1. The molecule has 3 aromatic carbocycles. The molecular formula is C24H24N2O3. The lowest BCUT2D eigenvalue weighted by atomic mass is 10.1. The Morgan fingerprint density at radius 1 is 0.793 bits per heavy atom. The topological polar surface area (TPSA) is 67.4 Å². The van der Waals surface area contributed by atoms with Crippen molar-refractivity contribution in [2.75, 3.05) is 10.6 Å². The first-order chi connectivity index (χ1) is 13.8. The van der Waals surface area contributed by atoms with Crippen LogP contribution >= 0.6 is 0 Å². The molecule has 5 nitrogen and oxygen atoms in total. The predicted molar refractivity (Wildman–Crippen MR) is 115 cm³/mol. The number of nitrogens with one attached hydrogen (secondary N) is 2. The maximum absolute atomic E-state index is 12.6. The molecule has 0 aliphatic carbocycles. The van der Waals surface area contributed by atoms with E-state index >= 15 is 0 Å². The molecule has 0 saturated heterocycles. The van der Waals surface area contributed by atoms with Gasteiger partial charge in [0.25, 0.3) is 11.8 Å². The van der Waals surface area contributed by atoms with Crippen molar-refractivity contribution >= 4 is 23.2 Å². The van der Waals surface area contributed by atoms with Gasteiger partial charge in [-0.25, -0.2) is 0 Å². The zero-order chi connectivity index (χ0) is 20.9. The summed E-state index contributed by atoms with van der Waals surface area (Å²) in [7, 11) is 0. The molecular weight excluding hydrogens is 364 g/mol. The Labute approximate surface area is 170 Å². The summed E-state index contributed by atoms with van der Waals surface area (Å²) in [6.45, 7) is 5.37. The molecule has 5 heteroatoms. The van der Waals surface area contributed by atoms with Gasteiger partial charge in [0.05, 0.1) is 0 Å². The normalized spacial score (nSPS) is 10.9. The third kappa shape index (κ3) is 5.45. The van der Waals surface area contributed by atoms with Crippen LogP contribution in [0.25, 0.3) is 0 Å².